The zero-order chi connectivity index (χ0) is 36.5. The summed E-state index contributed by atoms with van der Waals surface area (Å²) in [7, 11) is -4.08. The molecule has 4 heterocycles. The molecule has 0 spiro atoms. The number of nitrogens with one attached hydrogen (secondary N) is 3. The van der Waals surface area contributed by atoms with Crippen LogP contribution in [0.4, 0.5) is 15.4 Å². The topological polar surface area (TPSA) is 203 Å². The number of fused-ring (bicyclic) bond motifs is 2. The number of pyridine rings is 1. The number of aromatic nitrogens is 6. The van der Waals surface area contributed by atoms with Gasteiger partial charge in [0.2, 0.25) is 0 Å². The van der Waals surface area contributed by atoms with E-state index in [9.17, 15) is 23.1 Å². The molecule has 6 aromatic rings. The number of anilines is 1. The minimum atomic E-state index is -4.08. The number of alkyl carbamates (subject to hydrolysis) is 1. The number of hydrogen-bond acceptors (Lipinski definition) is 10. The average molecular weight is 733 g/mol. The number of ether oxygens (including phenoxy) is 2. The standard InChI is InChI=1S/C34H33ClN8O7S/c1-19-28-31(43(42-19)51(47,48)22-10-6-5-7-11-22)37-17-26(39-28)24-15-27(30(40-29(24)35)41-32(44)45)49-18-21(38-33(46)50-34(2,3)4)14-20-16-36-25-13-9-8-12-23(20)25/h5-13,15-17,21,36H,14,18H2,1-4H3,(H,38,46)(H,40,41)(H,44,45)/t21-/m0/s1. The number of aromatic amines is 1. The smallest absolute Gasteiger partial charge is 0.410 e. The largest absolute Gasteiger partial charge is 0.488 e. The summed E-state index contributed by atoms with van der Waals surface area (Å²) in [5.41, 5.74) is 1.95. The van der Waals surface area contributed by atoms with Crippen LogP contribution in [0.25, 0.3) is 33.3 Å². The van der Waals surface area contributed by atoms with Crippen LogP contribution in [0.2, 0.25) is 5.15 Å². The second kappa shape index (κ2) is 13.9. The summed E-state index contributed by atoms with van der Waals surface area (Å²) in [6.45, 7) is 6.70. The van der Waals surface area contributed by atoms with Gasteiger partial charge in [0.25, 0.3) is 10.0 Å². The number of carbonyl (C=O) groups excluding carboxylic acids is 1. The molecule has 0 aliphatic heterocycles. The zero-order valence-corrected chi connectivity index (χ0v) is 29.4. The number of rotatable bonds is 10. The van der Waals surface area contributed by atoms with E-state index in [0.717, 1.165) is 20.6 Å². The lowest BCUT2D eigenvalue weighted by Gasteiger charge is -2.24. The first-order valence-electron chi connectivity index (χ1n) is 15.6. The fourth-order valence-electron chi connectivity index (χ4n) is 5.32. The number of carbonyl (C=O) groups is 2. The van der Waals surface area contributed by atoms with Crippen molar-refractivity contribution in [1.29, 1.82) is 0 Å². The van der Waals surface area contributed by atoms with E-state index in [4.69, 9.17) is 21.1 Å². The van der Waals surface area contributed by atoms with E-state index in [-0.39, 0.29) is 56.3 Å². The lowest BCUT2D eigenvalue weighted by atomic mass is 10.1. The molecule has 0 aliphatic carbocycles. The highest BCUT2D eigenvalue weighted by Gasteiger charge is 2.26. The normalized spacial score (nSPS) is 12.5. The van der Waals surface area contributed by atoms with Crippen LogP contribution in [0.5, 0.6) is 5.75 Å². The SMILES string of the molecule is Cc1nn(S(=O)(=O)c2ccccc2)c2ncc(-c3cc(OC[C@H](Cc4c[nH]c5ccccc45)NC(=O)OC(C)(C)C)c(NC(=O)O)nc3Cl)nc12. The Morgan fingerprint density at radius 3 is 2.53 bits per heavy atom. The van der Waals surface area contributed by atoms with E-state index < -0.39 is 33.9 Å². The molecule has 0 unspecified atom stereocenters. The number of halogens is 1. The van der Waals surface area contributed by atoms with Gasteiger partial charge in [0.15, 0.2) is 17.2 Å². The Bertz CT molecular complexity index is 2370. The van der Waals surface area contributed by atoms with Crippen LogP contribution in [0.3, 0.4) is 0 Å². The molecular weight excluding hydrogens is 700 g/mol. The minimum Gasteiger partial charge on any atom is -0.488 e. The van der Waals surface area contributed by atoms with Crippen LogP contribution in [-0.4, -0.2) is 73.1 Å². The van der Waals surface area contributed by atoms with Crippen molar-refractivity contribution in [3.63, 3.8) is 0 Å². The van der Waals surface area contributed by atoms with Crippen LogP contribution in [-0.2, 0) is 21.2 Å². The zero-order valence-electron chi connectivity index (χ0n) is 27.8. The van der Waals surface area contributed by atoms with E-state index >= 15 is 0 Å². The molecule has 17 heteroatoms. The van der Waals surface area contributed by atoms with Gasteiger partial charge in [-0.25, -0.2) is 24.5 Å². The first-order valence-corrected chi connectivity index (χ1v) is 17.4. The van der Waals surface area contributed by atoms with Crippen LogP contribution in [0, 0.1) is 6.92 Å². The van der Waals surface area contributed by atoms with Gasteiger partial charge in [0, 0.05) is 22.7 Å². The highest BCUT2D eigenvalue weighted by Crippen LogP contribution is 2.35. The molecule has 51 heavy (non-hydrogen) atoms. The Labute approximate surface area is 297 Å². The van der Waals surface area contributed by atoms with Gasteiger partial charge in [-0.1, -0.05) is 48.0 Å². The van der Waals surface area contributed by atoms with Gasteiger partial charge in [-0.3, -0.25) is 5.32 Å². The number of benzene rings is 2. The quantitative estimate of drug-likeness (QED) is 0.117. The van der Waals surface area contributed by atoms with Gasteiger partial charge in [-0.15, -0.1) is 4.09 Å². The van der Waals surface area contributed by atoms with Crippen molar-refractivity contribution in [3.05, 3.63) is 89.5 Å². The molecule has 2 aromatic carbocycles. The Kier molecular flexibility index (Phi) is 9.55. The van der Waals surface area contributed by atoms with Crippen LogP contribution in [0.1, 0.15) is 32.0 Å². The van der Waals surface area contributed by atoms with E-state index in [2.05, 4.69) is 35.7 Å². The van der Waals surface area contributed by atoms with Crippen LogP contribution < -0.4 is 15.4 Å². The Hall–Kier alpha value is -5.74. The number of aryl methyl sites for hydroxylation is 1. The predicted octanol–water partition coefficient (Wildman–Crippen LogP) is 6.17. The number of nitrogens with zero attached hydrogens (tertiary/aromatic N) is 5. The summed E-state index contributed by atoms with van der Waals surface area (Å²) < 4.78 is 39.2. The molecule has 0 radical (unpaired) electrons. The third-order valence-electron chi connectivity index (χ3n) is 7.53. The lowest BCUT2D eigenvalue weighted by Crippen LogP contribution is -2.43. The molecule has 0 saturated carbocycles. The van der Waals surface area contributed by atoms with E-state index in [0.29, 0.717) is 6.42 Å². The summed E-state index contributed by atoms with van der Waals surface area (Å²) in [4.78, 5) is 41.0. The summed E-state index contributed by atoms with van der Waals surface area (Å²) in [5.74, 6) is -0.223. The fraction of sp³-hybridized carbons (Fsp3) is 0.235. The first kappa shape index (κ1) is 35.1. The fourth-order valence-corrected chi connectivity index (χ4v) is 6.85. The molecule has 0 fully saturated rings. The predicted molar refractivity (Wildman–Crippen MR) is 190 cm³/mol. The van der Waals surface area contributed by atoms with Crippen molar-refractivity contribution >= 4 is 61.7 Å². The van der Waals surface area contributed by atoms with Crippen molar-refractivity contribution in [3.8, 4) is 17.0 Å². The first-order chi connectivity index (χ1) is 24.2. The van der Waals surface area contributed by atoms with Gasteiger partial charge in [-0.2, -0.15) is 13.5 Å². The van der Waals surface area contributed by atoms with Crippen molar-refractivity contribution in [2.75, 3.05) is 11.9 Å². The van der Waals surface area contributed by atoms with Gasteiger partial charge in [0.1, 0.15) is 22.9 Å². The van der Waals surface area contributed by atoms with Gasteiger partial charge in [-0.05, 0) is 63.9 Å². The summed E-state index contributed by atoms with van der Waals surface area (Å²) >= 11 is 6.55. The minimum absolute atomic E-state index is 0.00170. The van der Waals surface area contributed by atoms with Crippen LogP contribution in [0.15, 0.2) is 78.0 Å². The monoisotopic (exact) mass is 732 g/mol. The summed E-state index contributed by atoms with van der Waals surface area (Å²) in [6, 6.07) is 16.3. The lowest BCUT2D eigenvalue weighted by molar-refractivity contribution is 0.0488. The maximum absolute atomic E-state index is 13.4. The number of amides is 2. The second-order valence-corrected chi connectivity index (χ2v) is 14.6. The third-order valence-corrected chi connectivity index (χ3v) is 9.40. The van der Waals surface area contributed by atoms with Crippen molar-refractivity contribution in [2.24, 2.45) is 0 Å². The molecule has 1 atom stereocenters. The van der Waals surface area contributed by atoms with Crippen LogP contribution >= 0.6 is 11.6 Å². The Morgan fingerprint density at radius 1 is 1.08 bits per heavy atom. The molecule has 4 aromatic heterocycles. The average Bonchev–Trinajstić information content (AvgIpc) is 3.64. The van der Waals surface area contributed by atoms with E-state index in [1.165, 1.54) is 24.4 Å². The Morgan fingerprint density at radius 2 is 1.80 bits per heavy atom. The summed E-state index contributed by atoms with van der Waals surface area (Å²) in [6.07, 6.45) is 1.40. The Balaban J connectivity index is 1.34. The molecule has 0 bridgehead atoms. The van der Waals surface area contributed by atoms with Crippen molar-refractivity contribution < 1.29 is 32.6 Å². The highest BCUT2D eigenvalue weighted by molar-refractivity contribution is 7.90. The van der Waals surface area contributed by atoms with Gasteiger partial charge < -0.3 is 24.9 Å². The number of carboxylic acid groups (broad SMARTS) is 1. The molecule has 2 amide bonds. The van der Waals surface area contributed by atoms with Crippen molar-refractivity contribution in [2.45, 2.75) is 50.7 Å². The van der Waals surface area contributed by atoms with Crippen molar-refractivity contribution in [1.82, 2.24) is 34.4 Å². The number of hydrogen-bond donors (Lipinski definition) is 4. The van der Waals surface area contributed by atoms with E-state index in [1.54, 1.807) is 45.9 Å². The molecule has 0 saturated heterocycles. The maximum Gasteiger partial charge on any atom is 0.410 e. The maximum atomic E-state index is 13.4. The number of H-pyrrole nitrogens is 1. The molecule has 6 rings (SSSR count). The van der Waals surface area contributed by atoms with E-state index in [1.807, 2.05) is 30.5 Å². The third kappa shape index (κ3) is 7.71. The molecule has 4 N–H and O–H groups in total. The second-order valence-electron chi connectivity index (χ2n) is 12.5. The number of para-hydroxylation sites is 1. The van der Waals surface area contributed by atoms with Gasteiger partial charge in [0.05, 0.1) is 28.5 Å². The molecule has 264 valence electrons. The van der Waals surface area contributed by atoms with Gasteiger partial charge >= 0.3 is 12.2 Å². The summed E-state index contributed by atoms with van der Waals surface area (Å²) in [5, 5.41) is 19.6. The highest BCUT2D eigenvalue weighted by atomic mass is 35.5. The molecular formula is C34H33ClN8O7S. The molecule has 0 aliphatic rings. The molecule has 15 nitrogen and oxygen atoms in total.